The second kappa shape index (κ2) is 12.0. The summed E-state index contributed by atoms with van der Waals surface area (Å²) in [6.45, 7) is 2.09. The molecule has 0 aromatic rings. The third kappa shape index (κ3) is 8.23. The number of ketones is 2. The zero-order valence-corrected chi connectivity index (χ0v) is 15.6. The minimum atomic E-state index is -0.880. The van der Waals surface area contributed by atoms with Crippen molar-refractivity contribution in [3.63, 3.8) is 0 Å². The lowest BCUT2D eigenvalue weighted by Crippen LogP contribution is -2.22. The van der Waals surface area contributed by atoms with E-state index < -0.39 is 30.0 Å². The van der Waals surface area contributed by atoms with Crippen molar-refractivity contribution >= 4 is 17.5 Å². The first-order valence-corrected chi connectivity index (χ1v) is 9.65. The van der Waals surface area contributed by atoms with E-state index in [0.717, 1.165) is 19.3 Å². The molecule has 6 nitrogen and oxygen atoms in total. The van der Waals surface area contributed by atoms with Crippen LogP contribution >= 0.6 is 0 Å². The van der Waals surface area contributed by atoms with Crippen molar-refractivity contribution in [2.24, 2.45) is 11.8 Å². The number of hydrogen-bond acceptors (Lipinski definition) is 5. The number of carbonyl (C=O) groups excluding carboxylic acids is 2. The van der Waals surface area contributed by atoms with Crippen LogP contribution in [0.1, 0.15) is 71.1 Å². The summed E-state index contributed by atoms with van der Waals surface area (Å²) in [4.78, 5) is 34.7. The first-order valence-electron chi connectivity index (χ1n) is 9.65. The van der Waals surface area contributed by atoms with E-state index in [4.69, 9.17) is 5.11 Å². The molecule has 1 rings (SSSR count). The van der Waals surface area contributed by atoms with Gasteiger partial charge in [-0.15, -0.1) is 0 Å². The van der Waals surface area contributed by atoms with Crippen LogP contribution in [0, 0.1) is 11.8 Å². The fraction of sp³-hybridized carbons (Fsp3) is 0.750. The highest BCUT2D eigenvalue weighted by Gasteiger charge is 2.40. The van der Waals surface area contributed by atoms with Crippen LogP contribution in [-0.2, 0) is 14.4 Å². The van der Waals surface area contributed by atoms with Crippen molar-refractivity contribution in [2.75, 3.05) is 0 Å². The highest BCUT2D eigenvalue weighted by molar-refractivity contribution is 5.90. The topological polar surface area (TPSA) is 112 Å². The highest BCUT2D eigenvalue weighted by atomic mass is 16.4. The van der Waals surface area contributed by atoms with E-state index in [1.54, 1.807) is 12.2 Å². The fourth-order valence-corrected chi connectivity index (χ4v) is 3.39. The van der Waals surface area contributed by atoms with Gasteiger partial charge in [-0.05, 0) is 19.3 Å². The Hall–Kier alpha value is -1.53. The summed E-state index contributed by atoms with van der Waals surface area (Å²) in [6, 6.07) is 0. The lowest BCUT2D eigenvalue weighted by Gasteiger charge is -2.17. The molecule has 6 heteroatoms. The van der Waals surface area contributed by atoms with E-state index in [1.165, 1.54) is 0 Å². The molecule has 148 valence electrons. The first-order chi connectivity index (χ1) is 12.3. The predicted octanol–water partition coefficient (Wildman–Crippen LogP) is 2.65. The van der Waals surface area contributed by atoms with Gasteiger partial charge in [0.25, 0.3) is 0 Å². The van der Waals surface area contributed by atoms with Crippen molar-refractivity contribution in [1.82, 2.24) is 0 Å². The predicted molar refractivity (Wildman–Crippen MR) is 97.6 cm³/mol. The number of Topliss-reactive ketones (excluding diaryl/α,β-unsaturated/α-hetero) is 2. The summed E-state index contributed by atoms with van der Waals surface area (Å²) in [5.74, 6) is -2.06. The molecule has 1 aliphatic rings. The monoisotopic (exact) mass is 368 g/mol. The summed E-state index contributed by atoms with van der Waals surface area (Å²) >= 11 is 0. The summed E-state index contributed by atoms with van der Waals surface area (Å²) < 4.78 is 0. The maximum absolute atomic E-state index is 12.1. The smallest absolute Gasteiger partial charge is 0.303 e. The lowest BCUT2D eigenvalue weighted by atomic mass is 9.88. The Morgan fingerprint density at radius 1 is 1.19 bits per heavy atom. The number of carboxylic acids is 1. The minimum Gasteiger partial charge on any atom is -0.481 e. The number of aliphatic hydroxyl groups is 2. The molecule has 0 aliphatic heterocycles. The summed E-state index contributed by atoms with van der Waals surface area (Å²) in [5.41, 5.74) is 0. The van der Waals surface area contributed by atoms with Gasteiger partial charge in [-0.2, -0.15) is 0 Å². The van der Waals surface area contributed by atoms with Crippen LogP contribution in [0.15, 0.2) is 12.2 Å². The van der Waals surface area contributed by atoms with Gasteiger partial charge in [0.1, 0.15) is 11.6 Å². The first kappa shape index (κ1) is 22.5. The Kier molecular flexibility index (Phi) is 10.4. The van der Waals surface area contributed by atoms with Crippen LogP contribution in [0.4, 0.5) is 0 Å². The molecular weight excluding hydrogens is 336 g/mol. The maximum atomic E-state index is 12.1. The van der Waals surface area contributed by atoms with Gasteiger partial charge >= 0.3 is 5.97 Å². The van der Waals surface area contributed by atoms with Crippen LogP contribution in [0.5, 0.6) is 0 Å². The molecule has 1 saturated carbocycles. The number of carbonyl (C=O) groups is 3. The van der Waals surface area contributed by atoms with Gasteiger partial charge in [-0.1, -0.05) is 38.3 Å². The van der Waals surface area contributed by atoms with Gasteiger partial charge in [0.15, 0.2) is 0 Å². The van der Waals surface area contributed by atoms with E-state index in [2.05, 4.69) is 6.92 Å². The van der Waals surface area contributed by atoms with Crippen LogP contribution in [0.3, 0.4) is 0 Å². The summed E-state index contributed by atoms with van der Waals surface area (Å²) in [6.07, 6.45) is 6.93. The number of rotatable bonds is 13. The molecule has 0 amide bonds. The quantitative estimate of drug-likeness (QED) is 0.340. The van der Waals surface area contributed by atoms with Crippen LogP contribution in [0.25, 0.3) is 0 Å². The Morgan fingerprint density at radius 2 is 1.88 bits per heavy atom. The Labute approximate surface area is 155 Å². The maximum Gasteiger partial charge on any atom is 0.303 e. The average molecular weight is 368 g/mol. The Balaban J connectivity index is 2.51. The molecule has 1 fully saturated rings. The van der Waals surface area contributed by atoms with Gasteiger partial charge in [-0.3, -0.25) is 14.4 Å². The molecule has 0 aromatic carbocycles. The second-order valence-corrected chi connectivity index (χ2v) is 7.21. The van der Waals surface area contributed by atoms with Gasteiger partial charge in [-0.25, -0.2) is 0 Å². The zero-order valence-electron chi connectivity index (χ0n) is 15.6. The molecule has 0 bridgehead atoms. The zero-order chi connectivity index (χ0) is 19.5. The molecule has 3 N–H and O–H groups in total. The van der Waals surface area contributed by atoms with Gasteiger partial charge < -0.3 is 15.3 Å². The normalized spacial score (nSPS) is 24.3. The average Bonchev–Trinajstić information content (AvgIpc) is 2.83. The Morgan fingerprint density at radius 3 is 2.54 bits per heavy atom. The molecule has 26 heavy (non-hydrogen) atoms. The molecule has 1 aliphatic carbocycles. The van der Waals surface area contributed by atoms with Crippen molar-refractivity contribution in [1.29, 1.82) is 0 Å². The van der Waals surface area contributed by atoms with E-state index in [0.29, 0.717) is 19.3 Å². The van der Waals surface area contributed by atoms with Crippen molar-refractivity contribution in [3.8, 4) is 0 Å². The molecule has 0 heterocycles. The second-order valence-electron chi connectivity index (χ2n) is 7.21. The van der Waals surface area contributed by atoms with E-state index in [1.807, 2.05) is 0 Å². The highest BCUT2D eigenvalue weighted by Crippen LogP contribution is 2.33. The van der Waals surface area contributed by atoms with Crippen LogP contribution in [-0.4, -0.2) is 45.1 Å². The summed E-state index contributed by atoms with van der Waals surface area (Å²) in [7, 11) is 0. The van der Waals surface area contributed by atoms with Gasteiger partial charge in [0, 0.05) is 37.5 Å². The lowest BCUT2D eigenvalue weighted by molar-refractivity contribution is -0.137. The van der Waals surface area contributed by atoms with Crippen LogP contribution < -0.4 is 0 Å². The molecule has 0 radical (unpaired) electrons. The van der Waals surface area contributed by atoms with Crippen molar-refractivity contribution < 1.29 is 29.7 Å². The standard InChI is InChI=1S/C20H32O6/c1-2-3-4-7-14(21)10-11-16-17(19(24)13-18(16)23)12-15(22)8-5-6-9-20(25)26/h10-11,14,16-18,21,23H,2-9,12-13H2,1H3,(H,25,26). The van der Waals surface area contributed by atoms with E-state index in [-0.39, 0.29) is 37.2 Å². The number of hydrogen-bond donors (Lipinski definition) is 3. The van der Waals surface area contributed by atoms with Crippen molar-refractivity contribution in [3.05, 3.63) is 12.2 Å². The number of aliphatic carboxylic acids is 1. The number of aliphatic hydroxyl groups excluding tert-OH is 2. The minimum absolute atomic E-state index is 0.0373. The van der Waals surface area contributed by atoms with Crippen LogP contribution in [0.2, 0.25) is 0 Å². The molecule has 0 spiro atoms. The largest absolute Gasteiger partial charge is 0.481 e. The fourth-order valence-electron chi connectivity index (χ4n) is 3.39. The van der Waals surface area contributed by atoms with E-state index in [9.17, 15) is 24.6 Å². The number of carboxylic acid groups (broad SMARTS) is 1. The Bertz CT molecular complexity index is 499. The van der Waals surface area contributed by atoms with Gasteiger partial charge in [0.05, 0.1) is 12.2 Å². The van der Waals surface area contributed by atoms with E-state index >= 15 is 0 Å². The number of unbranched alkanes of at least 4 members (excludes halogenated alkanes) is 3. The molecule has 0 saturated heterocycles. The third-order valence-corrected chi connectivity index (χ3v) is 4.94. The summed E-state index contributed by atoms with van der Waals surface area (Å²) in [5, 5.41) is 28.7. The molecule has 4 unspecified atom stereocenters. The third-order valence-electron chi connectivity index (χ3n) is 4.94. The molecule has 0 aromatic heterocycles. The molecule has 4 atom stereocenters. The SMILES string of the molecule is CCCCCC(O)C=CC1C(O)CC(=O)C1CC(=O)CCCCC(=O)O. The van der Waals surface area contributed by atoms with Crippen molar-refractivity contribution in [2.45, 2.75) is 83.3 Å². The molecular formula is C20H32O6. The van der Waals surface area contributed by atoms with Gasteiger partial charge in [0.2, 0.25) is 0 Å².